The van der Waals surface area contributed by atoms with Gasteiger partial charge in [-0.2, -0.15) is 0 Å². The van der Waals surface area contributed by atoms with Gasteiger partial charge in [-0.25, -0.2) is 4.79 Å². The van der Waals surface area contributed by atoms with E-state index in [0.717, 1.165) is 19.3 Å². The quantitative estimate of drug-likeness (QED) is 0.306. The Balaban J connectivity index is 3.45. The van der Waals surface area contributed by atoms with E-state index in [9.17, 15) is 4.79 Å². The molecule has 0 fully saturated rings. The first kappa shape index (κ1) is 12.9. The molecule has 0 saturated carbocycles. The first-order valence-corrected chi connectivity index (χ1v) is 4.76. The highest BCUT2D eigenvalue weighted by Crippen LogP contribution is 2.00. The summed E-state index contributed by atoms with van der Waals surface area (Å²) in [7, 11) is 1.35. The molecule has 1 N–H and O–H groups in total. The fourth-order valence-corrected chi connectivity index (χ4v) is 0.908. The fraction of sp³-hybridized carbons (Fsp3) is 0.545. The van der Waals surface area contributed by atoms with Gasteiger partial charge in [0.15, 0.2) is 0 Å². The van der Waals surface area contributed by atoms with E-state index in [0.29, 0.717) is 0 Å². The molecular weight excluding hydrogens is 180 g/mol. The zero-order chi connectivity index (χ0) is 10.8. The van der Waals surface area contributed by atoms with Crippen molar-refractivity contribution in [2.75, 3.05) is 7.11 Å². The van der Waals surface area contributed by atoms with Crippen molar-refractivity contribution in [3.8, 4) is 0 Å². The monoisotopic (exact) mass is 198 g/mol. The average molecular weight is 198 g/mol. The second kappa shape index (κ2) is 8.51. The van der Waals surface area contributed by atoms with Crippen LogP contribution < -0.4 is 0 Å². The van der Waals surface area contributed by atoms with E-state index in [2.05, 4.69) is 4.74 Å². The lowest BCUT2D eigenvalue weighted by atomic mass is 10.1. The van der Waals surface area contributed by atoms with Crippen LogP contribution in [0.15, 0.2) is 24.3 Å². The van der Waals surface area contributed by atoms with Gasteiger partial charge in [0.05, 0.1) is 13.2 Å². The number of esters is 1. The molecule has 0 aliphatic heterocycles. The molecule has 0 amide bonds. The molecule has 0 aliphatic rings. The van der Waals surface area contributed by atoms with Crippen LogP contribution in [0.2, 0.25) is 0 Å². The third kappa shape index (κ3) is 9.00. The van der Waals surface area contributed by atoms with E-state index in [4.69, 9.17) is 5.11 Å². The summed E-state index contributed by atoms with van der Waals surface area (Å²) >= 11 is 0. The number of ether oxygens (including phenoxy) is 1. The van der Waals surface area contributed by atoms with Crippen LogP contribution in [0.25, 0.3) is 0 Å². The molecule has 0 unspecified atom stereocenters. The van der Waals surface area contributed by atoms with Crippen molar-refractivity contribution >= 4 is 5.97 Å². The zero-order valence-corrected chi connectivity index (χ0v) is 8.77. The van der Waals surface area contributed by atoms with E-state index in [-0.39, 0.29) is 12.1 Å². The molecule has 0 heterocycles. The number of methoxy groups -OCH3 is 1. The molecular formula is C11H18O3. The van der Waals surface area contributed by atoms with Crippen LogP contribution in [0.5, 0.6) is 0 Å². The Hall–Kier alpha value is -1.09. The van der Waals surface area contributed by atoms with Gasteiger partial charge in [0.2, 0.25) is 0 Å². The average Bonchev–Trinajstić information content (AvgIpc) is 2.15. The molecule has 0 bridgehead atoms. The van der Waals surface area contributed by atoms with E-state index >= 15 is 0 Å². The Labute approximate surface area is 85.1 Å². The van der Waals surface area contributed by atoms with Gasteiger partial charge < -0.3 is 9.84 Å². The summed E-state index contributed by atoms with van der Waals surface area (Å²) < 4.78 is 4.42. The summed E-state index contributed by atoms with van der Waals surface area (Å²) in [5, 5.41) is 8.96. The summed E-state index contributed by atoms with van der Waals surface area (Å²) in [5.41, 5.74) is 0. The van der Waals surface area contributed by atoms with E-state index in [1.807, 2.05) is 6.08 Å². The molecule has 0 rings (SSSR count). The number of aliphatic hydroxyl groups is 1. The standard InChI is InChI=1S/C11H18O3/c1-10(12)8-6-4-3-5-7-9-11(13)14-2/h3,5,7,9-10,12H,4,6,8H2,1-2H3/b5-3+,9-7+/t10-/m1/s1. The van der Waals surface area contributed by atoms with Gasteiger partial charge in [0, 0.05) is 6.08 Å². The number of hydrogen-bond donors (Lipinski definition) is 1. The van der Waals surface area contributed by atoms with Crippen LogP contribution in [0.4, 0.5) is 0 Å². The number of rotatable bonds is 6. The molecule has 3 heteroatoms. The predicted molar refractivity (Wildman–Crippen MR) is 55.8 cm³/mol. The third-order valence-corrected chi connectivity index (χ3v) is 1.67. The van der Waals surface area contributed by atoms with Crippen LogP contribution in [0.1, 0.15) is 26.2 Å². The summed E-state index contributed by atoms with van der Waals surface area (Å²) in [6, 6.07) is 0. The maximum Gasteiger partial charge on any atom is 0.330 e. The maximum atomic E-state index is 10.6. The molecule has 80 valence electrons. The summed E-state index contributed by atoms with van der Waals surface area (Å²) in [4.78, 5) is 10.6. The highest BCUT2D eigenvalue weighted by atomic mass is 16.5. The minimum absolute atomic E-state index is 0.228. The molecule has 0 aliphatic carbocycles. The SMILES string of the molecule is COC(=O)/C=C/C=C/CCC[C@@H](C)O. The van der Waals surface area contributed by atoms with Gasteiger partial charge in [-0.3, -0.25) is 0 Å². The Bertz CT molecular complexity index is 205. The molecule has 0 saturated heterocycles. The van der Waals surface area contributed by atoms with Crippen molar-refractivity contribution in [1.29, 1.82) is 0 Å². The summed E-state index contributed by atoms with van der Waals surface area (Å²) in [6.45, 7) is 1.78. The second-order valence-electron chi connectivity index (χ2n) is 3.09. The predicted octanol–water partition coefficient (Wildman–Crippen LogP) is 1.82. The van der Waals surface area contributed by atoms with Crippen molar-refractivity contribution in [2.24, 2.45) is 0 Å². The molecule has 0 aromatic rings. The molecule has 3 nitrogen and oxygen atoms in total. The normalized spacial score (nSPS) is 13.6. The van der Waals surface area contributed by atoms with E-state index < -0.39 is 0 Å². The largest absolute Gasteiger partial charge is 0.466 e. The van der Waals surface area contributed by atoms with E-state index in [1.165, 1.54) is 13.2 Å². The highest BCUT2D eigenvalue weighted by Gasteiger charge is 1.92. The lowest BCUT2D eigenvalue weighted by molar-refractivity contribution is -0.134. The zero-order valence-electron chi connectivity index (χ0n) is 8.77. The number of allylic oxidation sites excluding steroid dienone is 3. The molecule has 14 heavy (non-hydrogen) atoms. The third-order valence-electron chi connectivity index (χ3n) is 1.67. The van der Waals surface area contributed by atoms with Crippen LogP contribution in [0.3, 0.4) is 0 Å². The molecule has 0 radical (unpaired) electrons. The van der Waals surface area contributed by atoms with Crippen molar-refractivity contribution in [3.05, 3.63) is 24.3 Å². The number of carbonyl (C=O) groups excluding carboxylic acids is 1. The van der Waals surface area contributed by atoms with Crippen LogP contribution >= 0.6 is 0 Å². The highest BCUT2D eigenvalue weighted by molar-refractivity contribution is 5.82. The van der Waals surface area contributed by atoms with Gasteiger partial charge in [0.1, 0.15) is 0 Å². The van der Waals surface area contributed by atoms with Crippen molar-refractivity contribution in [1.82, 2.24) is 0 Å². The Morgan fingerprint density at radius 1 is 1.50 bits per heavy atom. The Morgan fingerprint density at radius 3 is 2.79 bits per heavy atom. The summed E-state index contributed by atoms with van der Waals surface area (Å²) in [5.74, 6) is -0.348. The lowest BCUT2D eigenvalue weighted by Gasteiger charge is -1.99. The number of hydrogen-bond acceptors (Lipinski definition) is 3. The van der Waals surface area contributed by atoms with Crippen LogP contribution in [0, 0.1) is 0 Å². The number of aliphatic hydroxyl groups excluding tert-OH is 1. The van der Waals surface area contributed by atoms with E-state index in [1.54, 1.807) is 19.1 Å². The first-order chi connectivity index (χ1) is 6.66. The van der Waals surface area contributed by atoms with Gasteiger partial charge >= 0.3 is 5.97 Å². The van der Waals surface area contributed by atoms with Gasteiger partial charge in [-0.05, 0) is 26.2 Å². The Morgan fingerprint density at radius 2 is 2.21 bits per heavy atom. The van der Waals surface area contributed by atoms with Crippen molar-refractivity contribution in [3.63, 3.8) is 0 Å². The topological polar surface area (TPSA) is 46.5 Å². The molecule has 1 atom stereocenters. The number of unbranched alkanes of at least 4 members (excludes halogenated alkanes) is 1. The van der Waals surface area contributed by atoms with Crippen molar-refractivity contribution in [2.45, 2.75) is 32.3 Å². The van der Waals surface area contributed by atoms with Gasteiger partial charge in [0.25, 0.3) is 0 Å². The first-order valence-electron chi connectivity index (χ1n) is 4.76. The molecule has 0 aromatic heterocycles. The van der Waals surface area contributed by atoms with Gasteiger partial charge in [-0.1, -0.05) is 18.2 Å². The fourth-order valence-electron chi connectivity index (χ4n) is 0.908. The number of carbonyl (C=O) groups is 1. The van der Waals surface area contributed by atoms with Crippen molar-refractivity contribution < 1.29 is 14.6 Å². The minimum atomic E-state index is -0.348. The minimum Gasteiger partial charge on any atom is -0.466 e. The lowest BCUT2D eigenvalue weighted by Crippen LogP contribution is -1.97. The van der Waals surface area contributed by atoms with Crippen LogP contribution in [-0.4, -0.2) is 24.3 Å². The summed E-state index contributed by atoms with van der Waals surface area (Å²) in [6.07, 6.45) is 9.23. The molecule has 0 aromatic carbocycles. The second-order valence-corrected chi connectivity index (χ2v) is 3.09. The molecule has 0 spiro atoms. The Kier molecular flexibility index (Phi) is 7.84. The van der Waals surface area contributed by atoms with Crippen LogP contribution in [-0.2, 0) is 9.53 Å². The van der Waals surface area contributed by atoms with Gasteiger partial charge in [-0.15, -0.1) is 0 Å². The smallest absolute Gasteiger partial charge is 0.330 e. The maximum absolute atomic E-state index is 10.6.